The van der Waals surface area contributed by atoms with Gasteiger partial charge in [-0.15, -0.1) is 0 Å². The quantitative estimate of drug-likeness (QED) is 0.516. The number of aliphatic hydroxyl groups excluding tert-OH is 1. The first-order valence-electron chi connectivity index (χ1n) is 12.2. The third-order valence-electron chi connectivity index (χ3n) is 6.29. The molecule has 2 saturated heterocycles. The van der Waals surface area contributed by atoms with Gasteiger partial charge < -0.3 is 24.8 Å². The van der Waals surface area contributed by atoms with Gasteiger partial charge in [0.15, 0.2) is 0 Å². The number of urea groups is 1. The second kappa shape index (κ2) is 11.0. The Morgan fingerprint density at radius 1 is 1.14 bits per heavy atom. The first-order chi connectivity index (χ1) is 16.4. The minimum Gasteiger partial charge on any atom is -0.491 e. The minimum atomic E-state index is -1.06. The molecule has 35 heavy (non-hydrogen) atoms. The Kier molecular flexibility index (Phi) is 8.43. The van der Waals surface area contributed by atoms with E-state index in [-0.39, 0.29) is 36.3 Å². The highest BCUT2D eigenvalue weighted by molar-refractivity contribution is 6.05. The average molecular weight is 490 g/mol. The van der Waals surface area contributed by atoms with Crippen molar-refractivity contribution in [1.82, 2.24) is 15.1 Å². The van der Waals surface area contributed by atoms with Crippen LogP contribution in [0.1, 0.15) is 53.0 Å². The van der Waals surface area contributed by atoms with Gasteiger partial charge in [-0.1, -0.05) is 46.8 Å². The first kappa shape index (κ1) is 26.9. The summed E-state index contributed by atoms with van der Waals surface area (Å²) in [5.41, 5.74) is 1.42. The van der Waals surface area contributed by atoms with E-state index in [1.54, 1.807) is 4.90 Å². The molecular weight excluding hydrogens is 450 g/mol. The predicted octanol–water partition coefficient (Wildman–Crippen LogP) is 2.31. The number of carbonyl (C=O) groups excluding carboxylic acids is 3. The summed E-state index contributed by atoms with van der Waals surface area (Å²) < 4.78 is 10.9. The number of β-amino-alcohol motifs (C(OH)–C–C–N with tert-alkyl or cyclic N) is 1. The molecule has 0 spiro atoms. The van der Waals surface area contributed by atoms with Crippen LogP contribution in [0.4, 0.5) is 4.79 Å². The van der Waals surface area contributed by atoms with Crippen LogP contribution >= 0.6 is 0 Å². The van der Waals surface area contributed by atoms with Gasteiger partial charge in [-0.05, 0) is 34.9 Å². The molecule has 0 aliphatic carbocycles. The van der Waals surface area contributed by atoms with Crippen LogP contribution in [0.15, 0.2) is 24.3 Å². The molecule has 0 saturated carbocycles. The first-order valence-corrected chi connectivity index (χ1v) is 12.2. The number of carbonyl (C=O) groups is 3. The Morgan fingerprint density at radius 3 is 2.37 bits per heavy atom. The van der Waals surface area contributed by atoms with Gasteiger partial charge in [0.2, 0.25) is 5.91 Å². The topological polar surface area (TPSA) is 108 Å². The maximum Gasteiger partial charge on any atom is 0.324 e. The van der Waals surface area contributed by atoms with Crippen LogP contribution < -0.4 is 10.1 Å². The monoisotopic (exact) mass is 489 g/mol. The van der Waals surface area contributed by atoms with E-state index in [1.807, 2.05) is 24.3 Å². The minimum absolute atomic E-state index is 0.0134. The average Bonchev–Trinajstić information content (AvgIpc) is 3.04. The molecule has 0 aromatic heterocycles. The Morgan fingerprint density at radius 2 is 1.77 bits per heavy atom. The summed E-state index contributed by atoms with van der Waals surface area (Å²) in [5, 5.41) is 12.9. The van der Waals surface area contributed by atoms with Gasteiger partial charge in [0.05, 0.1) is 26.2 Å². The zero-order valence-electron chi connectivity index (χ0n) is 21.5. The molecule has 9 nitrogen and oxygen atoms in total. The molecule has 2 atom stereocenters. The molecule has 4 amide bonds. The van der Waals surface area contributed by atoms with Crippen LogP contribution in [0.3, 0.4) is 0 Å². The maximum atomic E-state index is 12.7. The van der Waals surface area contributed by atoms with E-state index in [4.69, 9.17) is 9.47 Å². The number of nitrogens with zero attached hydrogens (tertiary/aromatic N) is 2. The molecule has 9 heteroatoms. The number of hydrogen-bond donors (Lipinski definition) is 2. The third-order valence-corrected chi connectivity index (χ3v) is 6.29. The molecule has 2 fully saturated rings. The van der Waals surface area contributed by atoms with Crippen LogP contribution in [0.2, 0.25) is 0 Å². The van der Waals surface area contributed by atoms with Crippen molar-refractivity contribution in [3.05, 3.63) is 29.8 Å². The summed E-state index contributed by atoms with van der Waals surface area (Å²) in [6.45, 7) is 12.7. The molecule has 2 aliphatic rings. The van der Waals surface area contributed by atoms with Crippen molar-refractivity contribution in [3.8, 4) is 5.75 Å². The van der Waals surface area contributed by atoms with E-state index in [1.165, 1.54) is 5.56 Å². The summed E-state index contributed by atoms with van der Waals surface area (Å²) in [5.74, 6) is -0.113. The summed E-state index contributed by atoms with van der Waals surface area (Å²) in [4.78, 5) is 40.0. The third kappa shape index (κ3) is 7.41. The fourth-order valence-electron chi connectivity index (χ4n) is 4.89. The van der Waals surface area contributed by atoms with Crippen molar-refractivity contribution in [1.29, 1.82) is 0 Å². The van der Waals surface area contributed by atoms with E-state index < -0.39 is 24.1 Å². The number of amides is 4. The lowest BCUT2D eigenvalue weighted by Crippen LogP contribution is -2.44. The maximum absolute atomic E-state index is 12.7. The highest BCUT2D eigenvalue weighted by atomic mass is 16.5. The summed E-state index contributed by atoms with van der Waals surface area (Å²) >= 11 is 0. The van der Waals surface area contributed by atoms with Gasteiger partial charge in [0, 0.05) is 13.1 Å². The zero-order chi connectivity index (χ0) is 25.8. The smallest absolute Gasteiger partial charge is 0.324 e. The van der Waals surface area contributed by atoms with E-state index in [0.717, 1.165) is 11.3 Å². The molecule has 0 unspecified atom stereocenters. The Balaban J connectivity index is 1.48. The van der Waals surface area contributed by atoms with E-state index in [2.05, 4.69) is 39.9 Å². The van der Waals surface area contributed by atoms with Crippen LogP contribution in [-0.2, 0) is 19.7 Å². The van der Waals surface area contributed by atoms with Gasteiger partial charge in [-0.25, -0.2) is 4.79 Å². The zero-order valence-corrected chi connectivity index (χ0v) is 21.5. The van der Waals surface area contributed by atoms with Crippen molar-refractivity contribution in [2.75, 3.05) is 39.5 Å². The molecule has 3 rings (SSSR count). The lowest BCUT2D eigenvalue weighted by molar-refractivity contribution is -0.138. The van der Waals surface area contributed by atoms with Crippen LogP contribution in [0.25, 0.3) is 0 Å². The second-order valence-electron chi connectivity index (χ2n) is 11.3. The number of ether oxygens (including phenoxy) is 2. The van der Waals surface area contributed by atoms with E-state index in [9.17, 15) is 19.5 Å². The van der Waals surface area contributed by atoms with Crippen molar-refractivity contribution >= 4 is 17.8 Å². The number of nitrogens with one attached hydrogen (secondary N) is 1. The number of morpholine rings is 1. The normalized spacial score (nSPS) is 20.1. The van der Waals surface area contributed by atoms with Crippen LogP contribution in [0, 0.1) is 5.41 Å². The van der Waals surface area contributed by atoms with E-state index in [0.29, 0.717) is 32.1 Å². The lowest BCUT2D eigenvalue weighted by Gasteiger charge is -2.33. The van der Waals surface area contributed by atoms with Crippen LogP contribution in [-0.4, -0.2) is 84.4 Å². The van der Waals surface area contributed by atoms with Gasteiger partial charge in [-0.2, -0.15) is 0 Å². The van der Waals surface area contributed by atoms with Gasteiger partial charge in [0.1, 0.15) is 24.5 Å². The predicted molar refractivity (Wildman–Crippen MR) is 131 cm³/mol. The lowest BCUT2D eigenvalue weighted by atomic mass is 9.72. The van der Waals surface area contributed by atoms with E-state index >= 15 is 0 Å². The molecule has 1 aromatic rings. The fraction of sp³-hybridized carbons (Fsp3) is 0.654. The standard InChI is InChI=1S/C26H39N3O6/c1-25(2,3)17-26(4,5)18-6-8-20(9-7-18)35-16-19(30)15-29-23(32)21(27-24(29)33)14-22(31)28-10-12-34-13-11-28/h6-9,19,21,30H,10-17H2,1-5H3,(H,27,33)/t19-,21-/m1/s1. The molecule has 194 valence electrons. The van der Waals surface area contributed by atoms with Gasteiger partial charge >= 0.3 is 6.03 Å². The number of rotatable bonds is 9. The molecule has 2 heterocycles. The fourth-order valence-corrected chi connectivity index (χ4v) is 4.89. The molecular formula is C26H39N3O6. The largest absolute Gasteiger partial charge is 0.491 e. The summed E-state index contributed by atoms with van der Waals surface area (Å²) in [7, 11) is 0. The number of aliphatic hydroxyl groups is 1. The number of benzene rings is 1. The Hall–Kier alpha value is -2.65. The summed E-state index contributed by atoms with van der Waals surface area (Å²) in [6, 6.07) is 6.26. The van der Waals surface area contributed by atoms with Crippen LogP contribution in [0.5, 0.6) is 5.75 Å². The van der Waals surface area contributed by atoms with Gasteiger partial charge in [-0.3, -0.25) is 14.5 Å². The summed E-state index contributed by atoms with van der Waals surface area (Å²) in [6.07, 6.45) is -0.134. The van der Waals surface area contributed by atoms with Crippen molar-refractivity contribution < 1.29 is 29.0 Å². The van der Waals surface area contributed by atoms with Crippen molar-refractivity contribution in [2.24, 2.45) is 5.41 Å². The molecule has 1 aromatic carbocycles. The number of imide groups is 1. The molecule has 2 aliphatic heterocycles. The molecule has 0 radical (unpaired) electrons. The molecule has 2 N–H and O–H groups in total. The Labute approximate surface area is 207 Å². The highest BCUT2D eigenvalue weighted by Crippen LogP contribution is 2.36. The number of hydrogen-bond acceptors (Lipinski definition) is 6. The Bertz CT molecular complexity index is 903. The SMILES string of the molecule is CC(C)(C)CC(C)(C)c1ccc(OC[C@H](O)CN2C(=O)N[C@H](CC(=O)N3CCOCC3)C2=O)cc1. The second-order valence-corrected chi connectivity index (χ2v) is 11.3. The van der Waals surface area contributed by atoms with Crippen molar-refractivity contribution in [3.63, 3.8) is 0 Å². The molecule has 0 bridgehead atoms. The van der Waals surface area contributed by atoms with Crippen molar-refractivity contribution in [2.45, 2.75) is 65.0 Å². The van der Waals surface area contributed by atoms with Gasteiger partial charge in [0.25, 0.3) is 5.91 Å². The highest BCUT2D eigenvalue weighted by Gasteiger charge is 2.40.